The highest BCUT2D eigenvalue weighted by Crippen LogP contribution is 2.47. The van der Waals surface area contributed by atoms with E-state index >= 15 is 0 Å². The number of quaternary nitrogens is 1. The fourth-order valence-corrected chi connectivity index (χ4v) is 4.61. The van der Waals surface area contributed by atoms with Gasteiger partial charge >= 0.3 is 0 Å². The zero-order valence-corrected chi connectivity index (χ0v) is 20.4. The molecule has 3 rings (SSSR count). The Morgan fingerprint density at radius 1 is 1.19 bits per heavy atom. The highest BCUT2D eigenvalue weighted by molar-refractivity contribution is 5.56. The maximum atomic E-state index is 10.8. The molecule has 1 saturated heterocycles. The van der Waals surface area contributed by atoms with Gasteiger partial charge in [0, 0.05) is 11.5 Å². The number of likely N-dealkylation sites (N-methyl/N-ethyl adjacent to an activating group) is 1. The number of nitrogens with one attached hydrogen (secondary N) is 1. The van der Waals surface area contributed by atoms with Crippen LogP contribution in [-0.4, -0.2) is 43.6 Å². The number of hydrogen-bond donors (Lipinski definition) is 3. The van der Waals surface area contributed by atoms with E-state index < -0.39 is 0 Å². The molecular formula is C27H44NO3+. The maximum absolute atomic E-state index is 10.8. The summed E-state index contributed by atoms with van der Waals surface area (Å²) in [5, 5.41) is 21.5. The highest BCUT2D eigenvalue weighted by atomic mass is 16.5. The van der Waals surface area contributed by atoms with Crippen molar-refractivity contribution >= 4 is 0 Å². The molecule has 2 atom stereocenters. The van der Waals surface area contributed by atoms with E-state index in [1.54, 1.807) is 4.90 Å². The van der Waals surface area contributed by atoms with E-state index in [0.717, 1.165) is 55.6 Å². The van der Waals surface area contributed by atoms with Gasteiger partial charge in [-0.1, -0.05) is 43.6 Å². The molecule has 1 aromatic carbocycles. The molecule has 0 bridgehead atoms. The molecule has 174 valence electrons. The van der Waals surface area contributed by atoms with Gasteiger partial charge in [-0.15, -0.1) is 0 Å². The fraction of sp³-hybridized carbons (Fsp3) is 0.630. The minimum atomic E-state index is 0.0136. The SMILES string of the molecule is C=C(C)[C@@H]1CCC(C)=C[C@H]1c1c(O)cc(CCCCC)c(C)c1O.C[NH+]1CCOCC1. The number of benzene rings is 1. The van der Waals surface area contributed by atoms with Crippen LogP contribution >= 0.6 is 0 Å². The summed E-state index contributed by atoms with van der Waals surface area (Å²) in [5.41, 5.74) is 5.09. The lowest BCUT2D eigenvalue weighted by atomic mass is 9.73. The van der Waals surface area contributed by atoms with Crippen LogP contribution in [0.5, 0.6) is 11.5 Å². The lowest BCUT2D eigenvalue weighted by Crippen LogP contribution is -3.11. The molecule has 0 aromatic heterocycles. The molecule has 0 unspecified atom stereocenters. The Morgan fingerprint density at radius 3 is 2.42 bits per heavy atom. The second-order valence-corrected chi connectivity index (χ2v) is 9.50. The number of phenols is 2. The van der Waals surface area contributed by atoms with Crippen LogP contribution in [0.1, 0.15) is 75.5 Å². The number of phenolic OH excluding ortho intramolecular Hbond substituents is 2. The second kappa shape index (κ2) is 12.3. The number of allylic oxidation sites excluding steroid dienone is 3. The molecular weight excluding hydrogens is 386 g/mol. The third-order valence-corrected chi connectivity index (χ3v) is 6.79. The molecule has 0 radical (unpaired) electrons. The topological polar surface area (TPSA) is 54.1 Å². The molecule has 1 aliphatic carbocycles. The molecule has 1 aromatic rings. The second-order valence-electron chi connectivity index (χ2n) is 9.50. The van der Waals surface area contributed by atoms with Crippen molar-refractivity contribution < 1.29 is 19.8 Å². The number of ether oxygens (including phenoxy) is 1. The van der Waals surface area contributed by atoms with Crippen LogP contribution < -0.4 is 4.90 Å². The standard InChI is InChI=1S/C22H32O2.C5H11NO/c1-6-7-8-9-17-13-20(23)21(22(24)16(17)5)19-12-15(4)10-11-18(19)14(2)3;1-6-2-4-7-5-3-6/h12-13,18-19,23-24H,2,6-11H2,1,3-5H3;2-5H2,1H3/p+1/t18-,19+;/m0./s1. The number of morpholine rings is 1. The molecule has 4 nitrogen and oxygen atoms in total. The van der Waals surface area contributed by atoms with Crippen LogP contribution in [0.2, 0.25) is 0 Å². The highest BCUT2D eigenvalue weighted by Gasteiger charge is 2.31. The molecule has 2 aliphatic rings. The Bertz CT molecular complexity index is 762. The first kappa shape index (κ1) is 25.5. The maximum Gasteiger partial charge on any atom is 0.126 e. The van der Waals surface area contributed by atoms with Crippen molar-refractivity contribution in [2.24, 2.45) is 5.92 Å². The number of hydrogen-bond acceptors (Lipinski definition) is 3. The largest absolute Gasteiger partial charge is 0.507 e. The molecule has 1 aliphatic heterocycles. The molecule has 1 heterocycles. The van der Waals surface area contributed by atoms with Gasteiger partial charge < -0.3 is 19.8 Å². The Morgan fingerprint density at radius 2 is 1.87 bits per heavy atom. The van der Waals surface area contributed by atoms with Crippen molar-refractivity contribution in [2.75, 3.05) is 33.4 Å². The lowest BCUT2D eigenvalue weighted by molar-refractivity contribution is -0.888. The number of unbranched alkanes of at least 4 members (excludes halogenated alkanes) is 2. The fourth-order valence-electron chi connectivity index (χ4n) is 4.61. The Hall–Kier alpha value is -1.78. The van der Waals surface area contributed by atoms with Crippen LogP contribution in [0.3, 0.4) is 0 Å². The average molecular weight is 431 g/mol. The normalized spacial score (nSPS) is 21.8. The van der Waals surface area contributed by atoms with Crippen molar-refractivity contribution in [1.82, 2.24) is 0 Å². The monoisotopic (exact) mass is 430 g/mol. The van der Waals surface area contributed by atoms with Crippen molar-refractivity contribution in [3.8, 4) is 11.5 Å². The van der Waals surface area contributed by atoms with Gasteiger partial charge in [0.1, 0.15) is 24.6 Å². The van der Waals surface area contributed by atoms with Gasteiger partial charge in [0.05, 0.1) is 20.3 Å². The lowest BCUT2D eigenvalue weighted by Gasteiger charge is -2.32. The zero-order valence-electron chi connectivity index (χ0n) is 20.4. The molecule has 3 N–H and O–H groups in total. The van der Waals surface area contributed by atoms with Crippen LogP contribution in [-0.2, 0) is 11.2 Å². The van der Waals surface area contributed by atoms with Gasteiger partial charge in [-0.25, -0.2) is 0 Å². The van der Waals surface area contributed by atoms with Crippen LogP contribution in [0.25, 0.3) is 0 Å². The summed E-state index contributed by atoms with van der Waals surface area (Å²) in [5.74, 6) is 0.783. The summed E-state index contributed by atoms with van der Waals surface area (Å²) in [6.45, 7) is 16.7. The first-order chi connectivity index (χ1) is 14.8. The van der Waals surface area contributed by atoms with Crippen molar-refractivity contribution in [1.29, 1.82) is 0 Å². The Labute approximate surface area is 189 Å². The minimum Gasteiger partial charge on any atom is -0.507 e. The number of aryl methyl sites for hydroxylation is 1. The van der Waals surface area contributed by atoms with E-state index in [1.807, 2.05) is 19.9 Å². The van der Waals surface area contributed by atoms with E-state index in [4.69, 9.17) is 4.74 Å². The molecule has 0 amide bonds. The van der Waals surface area contributed by atoms with Gasteiger partial charge in [0.2, 0.25) is 0 Å². The summed E-state index contributed by atoms with van der Waals surface area (Å²) in [4.78, 5) is 1.59. The van der Waals surface area contributed by atoms with Crippen molar-refractivity contribution in [3.63, 3.8) is 0 Å². The van der Waals surface area contributed by atoms with Gasteiger partial charge in [0.25, 0.3) is 0 Å². The Kier molecular flexibility index (Phi) is 10.1. The summed E-state index contributed by atoms with van der Waals surface area (Å²) >= 11 is 0. The summed E-state index contributed by atoms with van der Waals surface area (Å²) in [6, 6.07) is 1.87. The smallest absolute Gasteiger partial charge is 0.126 e. The number of rotatable bonds is 6. The molecule has 4 heteroatoms. The summed E-state index contributed by atoms with van der Waals surface area (Å²) < 4.78 is 5.12. The first-order valence-corrected chi connectivity index (χ1v) is 12.0. The number of aromatic hydroxyl groups is 2. The van der Waals surface area contributed by atoms with E-state index in [9.17, 15) is 10.2 Å². The third-order valence-electron chi connectivity index (χ3n) is 6.79. The predicted molar refractivity (Wildman–Crippen MR) is 129 cm³/mol. The Balaban J connectivity index is 0.000000412. The first-order valence-electron chi connectivity index (χ1n) is 12.0. The zero-order chi connectivity index (χ0) is 23.0. The quantitative estimate of drug-likeness (QED) is 0.453. The van der Waals surface area contributed by atoms with Gasteiger partial charge in [-0.2, -0.15) is 0 Å². The van der Waals surface area contributed by atoms with Crippen molar-refractivity contribution in [2.45, 2.75) is 72.1 Å². The third kappa shape index (κ3) is 7.11. The summed E-state index contributed by atoms with van der Waals surface area (Å²) in [7, 11) is 2.20. The predicted octanol–water partition coefficient (Wildman–Crippen LogP) is 4.69. The average Bonchev–Trinajstić information content (AvgIpc) is 2.73. The van der Waals surface area contributed by atoms with Gasteiger partial charge in [0.15, 0.2) is 0 Å². The van der Waals surface area contributed by atoms with Crippen LogP contribution in [0.4, 0.5) is 0 Å². The molecule has 31 heavy (non-hydrogen) atoms. The molecule has 0 spiro atoms. The van der Waals surface area contributed by atoms with Gasteiger partial charge in [-0.05, 0) is 69.6 Å². The van der Waals surface area contributed by atoms with Crippen molar-refractivity contribution in [3.05, 3.63) is 46.6 Å². The van der Waals surface area contributed by atoms with Gasteiger partial charge in [-0.3, -0.25) is 0 Å². The molecule has 1 fully saturated rings. The molecule has 0 saturated carbocycles. The van der Waals surface area contributed by atoms with E-state index in [-0.39, 0.29) is 23.3 Å². The minimum absolute atomic E-state index is 0.0136. The van der Waals surface area contributed by atoms with E-state index in [2.05, 4.69) is 33.6 Å². The van der Waals surface area contributed by atoms with Crippen LogP contribution in [0, 0.1) is 12.8 Å². The summed E-state index contributed by atoms with van der Waals surface area (Å²) in [6.07, 6.45) is 8.62. The van der Waals surface area contributed by atoms with E-state index in [1.165, 1.54) is 31.5 Å². The van der Waals surface area contributed by atoms with E-state index in [0.29, 0.717) is 5.56 Å². The van der Waals surface area contributed by atoms with Crippen LogP contribution in [0.15, 0.2) is 29.9 Å².